The summed E-state index contributed by atoms with van der Waals surface area (Å²) in [6, 6.07) is 10.2. The fourth-order valence-electron chi connectivity index (χ4n) is 2.90. The van der Waals surface area contributed by atoms with Crippen LogP contribution in [0.3, 0.4) is 0 Å². The smallest absolute Gasteiger partial charge is 0.366 e. The Bertz CT molecular complexity index is 829. The van der Waals surface area contributed by atoms with Crippen molar-refractivity contribution in [3.05, 3.63) is 53.1 Å². The molecule has 2 rings (SSSR count). The summed E-state index contributed by atoms with van der Waals surface area (Å²) in [5.41, 5.74) is 2.31. The van der Waals surface area contributed by atoms with E-state index in [2.05, 4.69) is 25.8 Å². The largest absolute Gasteiger partial charge is 0.417 e. The molecule has 0 fully saturated rings. The molecule has 5 heteroatoms. The molecule has 2 aromatic carbocycles. The fourth-order valence-corrected chi connectivity index (χ4v) is 2.90. The van der Waals surface area contributed by atoms with Crippen LogP contribution in [0.15, 0.2) is 41.4 Å². The number of alkyl halides is 3. The second-order valence-corrected chi connectivity index (χ2v) is 8.02. The molecular formula is C23H29F3N2. The van der Waals surface area contributed by atoms with Gasteiger partial charge >= 0.3 is 6.18 Å². The van der Waals surface area contributed by atoms with Crippen LogP contribution in [0.2, 0.25) is 0 Å². The first-order valence-electron chi connectivity index (χ1n) is 9.56. The summed E-state index contributed by atoms with van der Waals surface area (Å²) in [6.07, 6.45) is -2.27. The third kappa shape index (κ3) is 5.15. The minimum Gasteiger partial charge on any atom is -0.366 e. The molecule has 0 atom stereocenters. The SMILES string of the molecule is CCc1cc(-c2ccc(C(C)(C)C)cc2)c(C(F)(F)F)cc1/N=C/N(C)CC. The van der Waals surface area contributed by atoms with Crippen molar-refractivity contribution in [2.75, 3.05) is 13.6 Å². The van der Waals surface area contributed by atoms with Crippen molar-refractivity contribution in [2.45, 2.75) is 52.6 Å². The molecule has 0 saturated carbocycles. The minimum atomic E-state index is -4.45. The Morgan fingerprint density at radius 1 is 1.00 bits per heavy atom. The first-order valence-corrected chi connectivity index (χ1v) is 9.56. The summed E-state index contributed by atoms with van der Waals surface area (Å²) in [4.78, 5) is 6.13. The highest BCUT2D eigenvalue weighted by Crippen LogP contribution is 2.41. The Morgan fingerprint density at radius 3 is 2.07 bits per heavy atom. The Balaban J connectivity index is 2.62. The van der Waals surface area contributed by atoms with Crippen molar-refractivity contribution in [1.29, 1.82) is 0 Å². The lowest BCUT2D eigenvalue weighted by molar-refractivity contribution is -0.137. The van der Waals surface area contributed by atoms with Crippen molar-refractivity contribution in [3.8, 4) is 11.1 Å². The molecular weight excluding hydrogens is 361 g/mol. The first kappa shape index (κ1) is 22.0. The molecule has 2 aromatic rings. The van der Waals surface area contributed by atoms with Crippen molar-refractivity contribution >= 4 is 12.0 Å². The van der Waals surface area contributed by atoms with Gasteiger partial charge in [-0.25, -0.2) is 4.99 Å². The number of nitrogens with zero attached hydrogens (tertiary/aromatic N) is 2. The normalized spacial score (nSPS) is 12.6. The molecule has 0 bridgehead atoms. The van der Waals surface area contributed by atoms with Crippen LogP contribution >= 0.6 is 0 Å². The van der Waals surface area contributed by atoms with Crippen molar-refractivity contribution < 1.29 is 13.2 Å². The average Bonchev–Trinajstić information content (AvgIpc) is 2.64. The summed E-state index contributed by atoms with van der Waals surface area (Å²) in [6.45, 7) is 10.9. The van der Waals surface area contributed by atoms with Crippen LogP contribution in [0.4, 0.5) is 18.9 Å². The predicted molar refractivity (Wildman–Crippen MR) is 111 cm³/mol. The second kappa shape index (κ2) is 8.38. The lowest BCUT2D eigenvalue weighted by Crippen LogP contribution is -2.14. The second-order valence-electron chi connectivity index (χ2n) is 8.02. The number of hydrogen-bond donors (Lipinski definition) is 0. The molecule has 0 spiro atoms. The van der Waals surface area contributed by atoms with Gasteiger partial charge in [0.05, 0.1) is 17.6 Å². The third-order valence-electron chi connectivity index (χ3n) is 4.86. The van der Waals surface area contributed by atoms with Crippen molar-refractivity contribution in [1.82, 2.24) is 4.90 Å². The zero-order chi connectivity index (χ0) is 21.1. The average molecular weight is 390 g/mol. The summed E-state index contributed by atoms with van der Waals surface area (Å²) >= 11 is 0. The number of halogens is 3. The number of aryl methyl sites for hydroxylation is 1. The molecule has 0 radical (unpaired) electrons. The van der Waals surface area contributed by atoms with E-state index in [-0.39, 0.29) is 11.0 Å². The first-order chi connectivity index (χ1) is 13.0. The van der Waals surface area contributed by atoms with Gasteiger partial charge in [-0.15, -0.1) is 0 Å². The molecule has 0 aliphatic heterocycles. The van der Waals surface area contributed by atoms with Gasteiger partial charge in [-0.1, -0.05) is 52.0 Å². The van der Waals surface area contributed by atoms with E-state index in [9.17, 15) is 13.2 Å². The lowest BCUT2D eigenvalue weighted by Gasteiger charge is -2.20. The van der Waals surface area contributed by atoms with E-state index in [0.29, 0.717) is 17.7 Å². The predicted octanol–water partition coefficient (Wildman–Crippen LogP) is 6.84. The van der Waals surface area contributed by atoms with E-state index in [1.807, 2.05) is 37.9 Å². The molecule has 28 heavy (non-hydrogen) atoms. The molecule has 0 aliphatic carbocycles. The monoisotopic (exact) mass is 390 g/mol. The quantitative estimate of drug-likeness (QED) is 0.403. The lowest BCUT2D eigenvalue weighted by atomic mass is 9.85. The molecule has 0 heterocycles. The molecule has 152 valence electrons. The van der Waals surface area contributed by atoms with E-state index < -0.39 is 11.7 Å². The Morgan fingerprint density at radius 2 is 1.61 bits per heavy atom. The maximum Gasteiger partial charge on any atom is 0.417 e. The highest BCUT2D eigenvalue weighted by molar-refractivity contribution is 5.74. The Kier molecular flexibility index (Phi) is 6.58. The van der Waals surface area contributed by atoms with Crippen LogP contribution in [-0.2, 0) is 18.0 Å². The van der Waals surface area contributed by atoms with E-state index >= 15 is 0 Å². The van der Waals surface area contributed by atoms with Gasteiger partial charge in [-0.05, 0) is 53.1 Å². The Labute approximate surface area is 166 Å². The molecule has 0 saturated heterocycles. The van der Waals surface area contributed by atoms with E-state index in [1.54, 1.807) is 24.5 Å². The van der Waals surface area contributed by atoms with Gasteiger partial charge in [-0.2, -0.15) is 13.2 Å². The number of rotatable bonds is 5. The van der Waals surface area contributed by atoms with Gasteiger partial charge < -0.3 is 4.90 Å². The maximum absolute atomic E-state index is 13.8. The minimum absolute atomic E-state index is 0.0517. The van der Waals surface area contributed by atoms with Crippen LogP contribution < -0.4 is 0 Å². The highest BCUT2D eigenvalue weighted by atomic mass is 19.4. The zero-order valence-corrected chi connectivity index (χ0v) is 17.5. The van der Waals surface area contributed by atoms with Gasteiger partial charge in [-0.3, -0.25) is 0 Å². The molecule has 2 nitrogen and oxygen atoms in total. The molecule has 0 unspecified atom stereocenters. The van der Waals surface area contributed by atoms with E-state index in [0.717, 1.165) is 17.7 Å². The van der Waals surface area contributed by atoms with Crippen LogP contribution in [0.25, 0.3) is 11.1 Å². The van der Waals surface area contributed by atoms with Gasteiger partial charge in [0.25, 0.3) is 0 Å². The number of hydrogen-bond acceptors (Lipinski definition) is 1. The highest BCUT2D eigenvalue weighted by Gasteiger charge is 2.34. The van der Waals surface area contributed by atoms with Crippen LogP contribution in [-0.4, -0.2) is 24.8 Å². The topological polar surface area (TPSA) is 15.6 Å². The summed E-state index contributed by atoms with van der Waals surface area (Å²) in [5, 5.41) is 0. The van der Waals surface area contributed by atoms with Crippen LogP contribution in [0.1, 0.15) is 51.3 Å². The number of aliphatic imine (C=N–C) groups is 1. The third-order valence-corrected chi connectivity index (χ3v) is 4.86. The van der Waals surface area contributed by atoms with Gasteiger partial charge in [0.2, 0.25) is 0 Å². The van der Waals surface area contributed by atoms with Gasteiger partial charge in [0.1, 0.15) is 0 Å². The van der Waals surface area contributed by atoms with E-state index in [4.69, 9.17) is 0 Å². The van der Waals surface area contributed by atoms with E-state index in [1.165, 1.54) is 6.07 Å². The molecule has 0 amide bonds. The van der Waals surface area contributed by atoms with Crippen molar-refractivity contribution in [2.24, 2.45) is 4.99 Å². The Hall–Kier alpha value is -2.30. The van der Waals surface area contributed by atoms with Crippen LogP contribution in [0, 0.1) is 0 Å². The van der Waals surface area contributed by atoms with Crippen molar-refractivity contribution in [3.63, 3.8) is 0 Å². The molecule has 0 aromatic heterocycles. The maximum atomic E-state index is 13.8. The van der Waals surface area contributed by atoms with Gasteiger partial charge in [0.15, 0.2) is 0 Å². The fraction of sp³-hybridized carbons (Fsp3) is 0.435. The summed E-state index contributed by atoms with van der Waals surface area (Å²) in [5.74, 6) is 0. The van der Waals surface area contributed by atoms with Crippen LogP contribution in [0.5, 0.6) is 0 Å². The zero-order valence-electron chi connectivity index (χ0n) is 17.5. The molecule has 0 aliphatic rings. The molecule has 0 N–H and O–H groups in total. The summed E-state index contributed by atoms with van der Waals surface area (Å²) in [7, 11) is 1.84. The van der Waals surface area contributed by atoms with Gasteiger partial charge in [0, 0.05) is 13.6 Å². The standard InChI is InChI=1S/C23H29F3N2/c1-7-16-13-19(17-9-11-18(12-10-17)22(3,4)5)20(23(24,25)26)14-21(16)27-15-28(6)8-2/h9-15H,7-8H2,1-6H3/b27-15+. The summed E-state index contributed by atoms with van der Waals surface area (Å²) < 4.78 is 41.5. The number of benzene rings is 2.